The molecule has 0 unspecified atom stereocenters. The number of rotatable bonds is 4. The summed E-state index contributed by atoms with van der Waals surface area (Å²) in [6.07, 6.45) is 2.21. The highest BCUT2D eigenvalue weighted by Gasteiger charge is 2.24. The maximum absolute atomic E-state index is 5.35. The average molecular weight is 665 g/mol. The highest BCUT2D eigenvalue weighted by molar-refractivity contribution is 6.25. The first-order chi connectivity index (χ1) is 25.8. The quantitative estimate of drug-likeness (QED) is 0.139. The Morgan fingerprint density at radius 3 is 1.77 bits per heavy atom. The lowest BCUT2D eigenvalue weighted by molar-refractivity contribution is -0.567. The second kappa shape index (κ2) is 11.2. The van der Waals surface area contributed by atoms with Crippen LogP contribution in [0.5, 0.6) is 0 Å². The zero-order valence-electron chi connectivity index (χ0n) is 28.1. The van der Waals surface area contributed by atoms with Crippen molar-refractivity contribution in [1.82, 2.24) is 19.1 Å². The standard InChI is InChI=1S/C47H30N5/c1-4-14-31(15-5-1)44-40-21-10-12-22-41(40)48-47(49-44)52-42-23-13-11-20-36(42)39-25-24-34-35-28-29-43-46(38(35)27-26-37(34)45(39)52)51(33-18-8-3-9-19-33)30-50(43)32-16-6-2-7-17-32/h1-30H/q+1. The first-order valence-corrected chi connectivity index (χ1v) is 17.6. The Hall–Kier alpha value is -7.11. The van der Waals surface area contributed by atoms with Gasteiger partial charge in [0.15, 0.2) is 11.0 Å². The van der Waals surface area contributed by atoms with E-state index in [4.69, 9.17) is 9.97 Å². The predicted molar refractivity (Wildman–Crippen MR) is 213 cm³/mol. The summed E-state index contributed by atoms with van der Waals surface area (Å²) in [5.41, 5.74) is 9.65. The van der Waals surface area contributed by atoms with Crippen molar-refractivity contribution in [2.24, 2.45) is 0 Å². The first kappa shape index (κ1) is 28.7. The molecule has 52 heavy (non-hydrogen) atoms. The van der Waals surface area contributed by atoms with E-state index in [-0.39, 0.29) is 0 Å². The van der Waals surface area contributed by atoms with Crippen LogP contribution in [0.3, 0.4) is 0 Å². The van der Waals surface area contributed by atoms with Crippen molar-refractivity contribution in [2.75, 3.05) is 0 Å². The van der Waals surface area contributed by atoms with Crippen LogP contribution in [0.4, 0.5) is 0 Å². The predicted octanol–water partition coefficient (Wildman–Crippen LogP) is 10.9. The molecule has 0 N–H and O–H groups in total. The Bertz CT molecular complexity index is 3160. The lowest BCUT2D eigenvalue weighted by Gasteiger charge is -2.13. The van der Waals surface area contributed by atoms with Crippen LogP contribution in [0.1, 0.15) is 0 Å². The Morgan fingerprint density at radius 2 is 1.00 bits per heavy atom. The normalized spacial score (nSPS) is 11.8. The van der Waals surface area contributed by atoms with Crippen LogP contribution in [-0.2, 0) is 0 Å². The van der Waals surface area contributed by atoms with Crippen LogP contribution in [-0.4, -0.2) is 19.1 Å². The van der Waals surface area contributed by atoms with Gasteiger partial charge in [0.1, 0.15) is 11.4 Å². The number of hydrogen-bond acceptors (Lipinski definition) is 2. The van der Waals surface area contributed by atoms with Crippen LogP contribution in [0, 0.1) is 0 Å². The van der Waals surface area contributed by atoms with Crippen molar-refractivity contribution < 1.29 is 4.57 Å². The molecule has 5 heteroatoms. The summed E-state index contributed by atoms with van der Waals surface area (Å²) >= 11 is 0. The summed E-state index contributed by atoms with van der Waals surface area (Å²) in [7, 11) is 0. The molecular weight excluding hydrogens is 635 g/mol. The molecule has 0 aliphatic heterocycles. The molecule has 0 spiro atoms. The van der Waals surface area contributed by atoms with Gasteiger partial charge in [-0.1, -0.05) is 121 Å². The van der Waals surface area contributed by atoms with E-state index in [9.17, 15) is 0 Å². The van der Waals surface area contributed by atoms with Crippen molar-refractivity contribution in [3.8, 4) is 28.6 Å². The zero-order valence-corrected chi connectivity index (χ0v) is 28.1. The Labute approximate surface area is 298 Å². The number of hydrogen-bond donors (Lipinski definition) is 0. The fraction of sp³-hybridized carbons (Fsp3) is 0. The van der Waals surface area contributed by atoms with Crippen LogP contribution in [0.2, 0.25) is 0 Å². The van der Waals surface area contributed by atoms with Crippen molar-refractivity contribution in [1.29, 1.82) is 0 Å². The lowest BCUT2D eigenvalue weighted by atomic mass is 9.98. The molecule has 11 rings (SSSR count). The van der Waals surface area contributed by atoms with Gasteiger partial charge in [-0.25, -0.2) is 9.97 Å². The molecule has 0 bridgehead atoms. The maximum atomic E-state index is 5.35. The fourth-order valence-electron chi connectivity index (χ4n) is 8.10. The molecule has 0 atom stereocenters. The smallest absolute Gasteiger partial charge is 0.255 e. The van der Waals surface area contributed by atoms with Gasteiger partial charge in [0.2, 0.25) is 5.95 Å². The zero-order chi connectivity index (χ0) is 34.2. The number of fused-ring (bicyclic) bond motifs is 10. The largest absolute Gasteiger partial charge is 0.277 e. The molecular formula is C47H30N5+. The fourth-order valence-corrected chi connectivity index (χ4v) is 8.10. The van der Waals surface area contributed by atoms with E-state index in [0.29, 0.717) is 5.95 Å². The molecule has 0 saturated carbocycles. The third kappa shape index (κ3) is 4.20. The second-order valence-corrected chi connectivity index (χ2v) is 13.3. The molecule has 0 amide bonds. The van der Waals surface area contributed by atoms with Crippen molar-refractivity contribution in [3.05, 3.63) is 182 Å². The second-order valence-electron chi connectivity index (χ2n) is 13.3. The summed E-state index contributed by atoms with van der Waals surface area (Å²) < 4.78 is 6.88. The van der Waals surface area contributed by atoms with Gasteiger partial charge in [0.25, 0.3) is 6.33 Å². The number of para-hydroxylation sites is 4. The van der Waals surface area contributed by atoms with Crippen LogP contribution in [0.15, 0.2) is 182 Å². The highest BCUT2D eigenvalue weighted by atomic mass is 15.2. The van der Waals surface area contributed by atoms with Gasteiger partial charge in [-0.3, -0.25) is 4.57 Å². The summed E-state index contributed by atoms with van der Waals surface area (Å²) in [5, 5.41) is 8.13. The Morgan fingerprint density at radius 1 is 0.423 bits per heavy atom. The third-order valence-corrected chi connectivity index (χ3v) is 10.4. The molecule has 242 valence electrons. The van der Waals surface area contributed by atoms with Gasteiger partial charge >= 0.3 is 0 Å². The Balaban J connectivity index is 1.24. The Kier molecular flexibility index (Phi) is 6.18. The van der Waals surface area contributed by atoms with Crippen molar-refractivity contribution in [2.45, 2.75) is 0 Å². The molecule has 3 heterocycles. The van der Waals surface area contributed by atoms with Crippen molar-refractivity contribution in [3.63, 3.8) is 0 Å². The van der Waals surface area contributed by atoms with E-state index < -0.39 is 0 Å². The average Bonchev–Trinajstić information content (AvgIpc) is 3.78. The SMILES string of the molecule is c1ccc(-c2nc(-n3c4ccccc4c4ccc5c6ccc7c(c6ccc5c43)n(-c3ccccc3)c[n+]7-c3ccccc3)nc3ccccc23)cc1. The summed E-state index contributed by atoms with van der Waals surface area (Å²) in [6, 6.07) is 62.2. The topological polar surface area (TPSA) is 39.5 Å². The third-order valence-electron chi connectivity index (χ3n) is 10.4. The molecule has 8 aromatic carbocycles. The lowest BCUT2D eigenvalue weighted by Crippen LogP contribution is -2.28. The highest BCUT2D eigenvalue weighted by Crippen LogP contribution is 2.40. The molecule has 0 radical (unpaired) electrons. The molecule has 3 aromatic heterocycles. The van der Waals surface area contributed by atoms with E-state index in [1.54, 1.807) is 0 Å². The van der Waals surface area contributed by atoms with E-state index >= 15 is 0 Å². The number of aromatic nitrogens is 5. The minimum absolute atomic E-state index is 0.661. The van der Waals surface area contributed by atoms with Gasteiger partial charge in [0, 0.05) is 32.5 Å². The molecule has 0 aliphatic rings. The maximum Gasteiger partial charge on any atom is 0.255 e. The summed E-state index contributed by atoms with van der Waals surface area (Å²) in [5.74, 6) is 0.661. The summed E-state index contributed by atoms with van der Waals surface area (Å²) in [6.45, 7) is 0. The number of benzene rings is 8. The monoisotopic (exact) mass is 664 g/mol. The van der Waals surface area contributed by atoms with Crippen LogP contribution in [0.25, 0.3) is 93.9 Å². The first-order valence-electron chi connectivity index (χ1n) is 17.6. The van der Waals surface area contributed by atoms with E-state index in [1.165, 1.54) is 32.4 Å². The van der Waals surface area contributed by atoms with Gasteiger partial charge in [-0.2, -0.15) is 9.13 Å². The minimum Gasteiger partial charge on any atom is -0.277 e. The van der Waals surface area contributed by atoms with E-state index in [1.807, 2.05) is 6.07 Å². The molecule has 0 fully saturated rings. The molecule has 11 aromatic rings. The van der Waals surface area contributed by atoms with Gasteiger partial charge in [-0.15, -0.1) is 0 Å². The number of imidazole rings is 1. The van der Waals surface area contributed by atoms with E-state index in [2.05, 4.69) is 190 Å². The molecule has 5 nitrogen and oxygen atoms in total. The molecule has 0 saturated heterocycles. The van der Waals surface area contributed by atoms with Gasteiger partial charge in [-0.05, 0) is 65.4 Å². The number of nitrogens with zero attached hydrogens (tertiary/aromatic N) is 5. The summed E-state index contributed by atoms with van der Waals surface area (Å²) in [4.78, 5) is 10.6. The van der Waals surface area contributed by atoms with Gasteiger partial charge < -0.3 is 0 Å². The van der Waals surface area contributed by atoms with Crippen LogP contribution < -0.4 is 4.57 Å². The van der Waals surface area contributed by atoms with Crippen molar-refractivity contribution >= 4 is 65.3 Å². The van der Waals surface area contributed by atoms with Crippen LogP contribution >= 0.6 is 0 Å². The van der Waals surface area contributed by atoms with E-state index in [0.717, 1.165) is 55.5 Å². The van der Waals surface area contributed by atoms with Gasteiger partial charge in [0.05, 0.1) is 22.2 Å². The molecule has 0 aliphatic carbocycles. The minimum atomic E-state index is 0.661.